The summed E-state index contributed by atoms with van der Waals surface area (Å²) in [5.74, 6) is 0.502. The van der Waals surface area contributed by atoms with Crippen molar-refractivity contribution in [3.63, 3.8) is 0 Å². The van der Waals surface area contributed by atoms with Gasteiger partial charge >= 0.3 is 0 Å². The average Bonchev–Trinajstić information content (AvgIpc) is 2.84. The first-order valence-electron chi connectivity index (χ1n) is 12.3. The van der Waals surface area contributed by atoms with Gasteiger partial charge in [0.25, 0.3) is 0 Å². The highest BCUT2D eigenvalue weighted by Gasteiger charge is 2.27. The van der Waals surface area contributed by atoms with Gasteiger partial charge in [-0.2, -0.15) is 0 Å². The number of sulfonamides is 1. The highest BCUT2D eigenvalue weighted by atomic mass is 35.5. The van der Waals surface area contributed by atoms with E-state index in [9.17, 15) is 18.0 Å². The Morgan fingerprint density at radius 1 is 1.08 bits per heavy atom. The molecule has 2 aromatic carbocycles. The third-order valence-corrected chi connectivity index (χ3v) is 7.61. The number of benzene rings is 2. The van der Waals surface area contributed by atoms with Crippen molar-refractivity contribution in [3.05, 3.63) is 58.6 Å². The summed E-state index contributed by atoms with van der Waals surface area (Å²) in [7, 11) is -2.02. The molecule has 0 aliphatic heterocycles. The Morgan fingerprint density at radius 2 is 1.73 bits per heavy atom. The zero-order chi connectivity index (χ0) is 27.8. The predicted molar refractivity (Wildman–Crippen MR) is 148 cm³/mol. The van der Waals surface area contributed by atoms with E-state index >= 15 is 0 Å². The maximum Gasteiger partial charge on any atom is 0.242 e. The van der Waals surface area contributed by atoms with Crippen LogP contribution in [0.5, 0.6) is 5.75 Å². The number of carbonyl (C=O) groups is 2. The van der Waals surface area contributed by atoms with Gasteiger partial charge in [-0.25, -0.2) is 8.42 Å². The normalized spacial score (nSPS) is 12.2. The molecule has 0 fully saturated rings. The quantitative estimate of drug-likeness (QED) is 0.398. The van der Waals surface area contributed by atoms with Crippen LogP contribution < -0.4 is 14.4 Å². The molecule has 0 unspecified atom stereocenters. The maximum atomic E-state index is 13.4. The van der Waals surface area contributed by atoms with Crippen LogP contribution in [0.15, 0.2) is 42.5 Å². The van der Waals surface area contributed by atoms with Gasteiger partial charge in [0, 0.05) is 31.1 Å². The zero-order valence-electron chi connectivity index (χ0n) is 22.5. The number of carbonyl (C=O) groups excluding carboxylic acids is 2. The molecule has 0 radical (unpaired) electrons. The number of methoxy groups -OCH3 is 1. The lowest BCUT2D eigenvalue weighted by Crippen LogP contribution is -2.48. The van der Waals surface area contributed by atoms with Crippen LogP contribution in [0.4, 0.5) is 5.69 Å². The van der Waals surface area contributed by atoms with Crippen LogP contribution in [0.25, 0.3) is 0 Å². The molecule has 0 aliphatic rings. The number of hydrogen-bond donors (Lipinski definition) is 1. The van der Waals surface area contributed by atoms with Crippen molar-refractivity contribution < 1.29 is 22.7 Å². The molecule has 10 heteroatoms. The second-order valence-corrected chi connectivity index (χ2v) is 11.8. The van der Waals surface area contributed by atoms with Crippen molar-refractivity contribution in [2.45, 2.75) is 53.1 Å². The summed E-state index contributed by atoms with van der Waals surface area (Å²) in [5.41, 5.74) is 1.99. The van der Waals surface area contributed by atoms with E-state index in [0.29, 0.717) is 28.6 Å². The van der Waals surface area contributed by atoms with Gasteiger partial charge in [-0.15, -0.1) is 0 Å². The van der Waals surface area contributed by atoms with Crippen LogP contribution in [0.1, 0.15) is 44.7 Å². The van der Waals surface area contributed by atoms with E-state index in [0.717, 1.165) is 11.8 Å². The van der Waals surface area contributed by atoms with Crippen molar-refractivity contribution in [1.82, 2.24) is 10.2 Å². The van der Waals surface area contributed by atoms with E-state index in [2.05, 4.69) is 5.32 Å². The Balaban J connectivity index is 2.20. The fourth-order valence-corrected chi connectivity index (χ4v) is 5.00. The number of nitrogens with one attached hydrogen (secondary N) is 1. The molecule has 0 saturated carbocycles. The van der Waals surface area contributed by atoms with E-state index in [1.807, 2.05) is 26.0 Å². The molecule has 204 valence electrons. The van der Waals surface area contributed by atoms with Gasteiger partial charge in [0.1, 0.15) is 11.8 Å². The molecule has 0 saturated heterocycles. The molecule has 0 aliphatic carbocycles. The van der Waals surface area contributed by atoms with E-state index in [4.69, 9.17) is 16.3 Å². The standard InChI is InChI=1S/C27H38ClN3O5S/c1-19(2)17-29-27(33)21(4)30(18-22-12-14-23(36-5)15-13-22)26(32)11-8-16-31(37(6,34)35)25-10-7-9-24(28)20(25)3/h7,9-10,12-15,19,21H,8,11,16-18H2,1-6H3,(H,29,33)/t21-/m0/s1. The molecular formula is C27H38ClN3O5S. The molecule has 2 aromatic rings. The first-order valence-corrected chi connectivity index (χ1v) is 14.5. The van der Waals surface area contributed by atoms with Crippen molar-refractivity contribution in [2.75, 3.05) is 30.8 Å². The van der Waals surface area contributed by atoms with Crippen LogP contribution in [0.2, 0.25) is 5.02 Å². The van der Waals surface area contributed by atoms with Crippen molar-refractivity contribution >= 4 is 39.1 Å². The van der Waals surface area contributed by atoms with E-state index in [1.165, 1.54) is 9.21 Å². The topological polar surface area (TPSA) is 96.0 Å². The van der Waals surface area contributed by atoms with Gasteiger partial charge < -0.3 is 15.0 Å². The summed E-state index contributed by atoms with van der Waals surface area (Å²) in [5, 5.41) is 3.36. The van der Waals surface area contributed by atoms with Gasteiger partial charge in [-0.1, -0.05) is 43.6 Å². The molecule has 2 rings (SSSR count). The summed E-state index contributed by atoms with van der Waals surface area (Å²) < 4.78 is 31.6. The van der Waals surface area contributed by atoms with E-state index in [1.54, 1.807) is 51.3 Å². The minimum Gasteiger partial charge on any atom is -0.497 e. The van der Waals surface area contributed by atoms with Crippen LogP contribution in [-0.4, -0.2) is 57.6 Å². The molecule has 0 heterocycles. The largest absolute Gasteiger partial charge is 0.497 e. The maximum absolute atomic E-state index is 13.4. The summed E-state index contributed by atoms with van der Waals surface area (Å²) in [4.78, 5) is 27.7. The molecule has 1 N–H and O–H groups in total. The van der Waals surface area contributed by atoms with Crippen molar-refractivity contribution in [3.8, 4) is 5.75 Å². The highest BCUT2D eigenvalue weighted by Crippen LogP contribution is 2.28. The van der Waals surface area contributed by atoms with Gasteiger partial charge in [0.15, 0.2) is 0 Å². The van der Waals surface area contributed by atoms with Crippen molar-refractivity contribution in [1.29, 1.82) is 0 Å². The lowest BCUT2D eigenvalue weighted by molar-refractivity contribution is -0.140. The molecule has 8 nitrogen and oxygen atoms in total. The molecule has 1 atom stereocenters. The van der Waals surface area contributed by atoms with Gasteiger partial charge in [0.2, 0.25) is 21.8 Å². The van der Waals surface area contributed by atoms with Crippen molar-refractivity contribution in [2.24, 2.45) is 5.92 Å². The van der Waals surface area contributed by atoms with Gasteiger partial charge in [-0.05, 0) is 61.6 Å². The number of ether oxygens (including phenoxy) is 1. The molecule has 2 amide bonds. The third kappa shape index (κ3) is 8.93. The second-order valence-electron chi connectivity index (χ2n) is 9.51. The zero-order valence-corrected chi connectivity index (χ0v) is 24.0. The minimum absolute atomic E-state index is 0.0730. The van der Waals surface area contributed by atoms with Gasteiger partial charge in [0.05, 0.1) is 19.1 Å². The van der Waals surface area contributed by atoms with Crippen LogP contribution in [0.3, 0.4) is 0 Å². The van der Waals surface area contributed by atoms with Gasteiger partial charge in [-0.3, -0.25) is 13.9 Å². The lowest BCUT2D eigenvalue weighted by Gasteiger charge is -2.30. The second kappa shape index (κ2) is 13.7. The predicted octanol–water partition coefficient (Wildman–Crippen LogP) is 4.39. The number of nitrogens with zero attached hydrogens (tertiary/aromatic N) is 2. The third-order valence-electron chi connectivity index (χ3n) is 6.02. The number of rotatable bonds is 13. The Bertz CT molecular complexity index is 1170. The minimum atomic E-state index is -3.60. The molecular weight excluding hydrogens is 514 g/mol. The average molecular weight is 552 g/mol. The Hall–Kier alpha value is -2.78. The van der Waals surface area contributed by atoms with E-state index in [-0.39, 0.29) is 43.7 Å². The van der Waals surface area contributed by atoms with Crippen LogP contribution >= 0.6 is 11.6 Å². The molecule has 37 heavy (non-hydrogen) atoms. The number of hydrogen-bond acceptors (Lipinski definition) is 5. The summed E-state index contributed by atoms with van der Waals surface area (Å²) in [6.07, 6.45) is 1.48. The molecule has 0 bridgehead atoms. The Morgan fingerprint density at radius 3 is 2.30 bits per heavy atom. The van der Waals surface area contributed by atoms with Crippen LogP contribution in [-0.2, 0) is 26.2 Å². The summed E-state index contributed by atoms with van der Waals surface area (Å²) in [6, 6.07) is 11.7. The summed E-state index contributed by atoms with van der Waals surface area (Å²) in [6.45, 7) is 8.32. The fraction of sp³-hybridized carbons (Fsp3) is 0.481. The smallest absolute Gasteiger partial charge is 0.242 e. The fourth-order valence-electron chi connectivity index (χ4n) is 3.81. The highest BCUT2D eigenvalue weighted by molar-refractivity contribution is 7.92. The molecule has 0 aromatic heterocycles. The SMILES string of the molecule is COc1ccc(CN(C(=O)CCCN(c2cccc(Cl)c2C)S(C)(=O)=O)[C@@H](C)C(=O)NCC(C)C)cc1. The molecule has 0 spiro atoms. The number of halogens is 1. The first-order chi connectivity index (χ1) is 17.3. The summed E-state index contributed by atoms with van der Waals surface area (Å²) >= 11 is 6.21. The monoisotopic (exact) mass is 551 g/mol. The Labute approximate surface area is 226 Å². The van der Waals surface area contributed by atoms with Crippen LogP contribution in [0, 0.1) is 12.8 Å². The number of anilines is 1. The number of amides is 2. The first kappa shape index (κ1) is 30.4. The van der Waals surface area contributed by atoms with E-state index < -0.39 is 16.1 Å². The Kier molecular flexibility index (Phi) is 11.3. The lowest BCUT2D eigenvalue weighted by atomic mass is 10.1.